The van der Waals surface area contributed by atoms with Gasteiger partial charge in [0.1, 0.15) is 5.69 Å². The zero-order chi connectivity index (χ0) is 10.4. The molecule has 0 aromatic carbocycles. The Labute approximate surface area is 87.9 Å². The quantitative estimate of drug-likeness (QED) is 0.430. The summed E-state index contributed by atoms with van der Waals surface area (Å²) in [7, 11) is 3.68. The van der Waals surface area contributed by atoms with E-state index in [0.717, 1.165) is 0 Å². The molecule has 0 spiro atoms. The third-order valence-corrected chi connectivity index (χ3v) is 1.80. The highest BCUT2D eigenvalue weighted by Gasteiger charge is 1.93. The molecule has 0 amide bonds. The maximum atomic E-state index is 4.96. The Morgan fingerprint density at radius 3 is 2.93 bits per heavy atom. The minimum Gasteiger partial charge on any atom is -0.354 e. The van der Waals surface area contributed by atoms with Crippen LogP contribution in [0.3, 0.4) is 0 Å². The van der Waals surface area contributed by atoms with Gasteiger partial charge < -0.3 is 4.90 Å². The highest BCUT2D eigenvalue weighted by Crippen LogP contribution is 1.84. The van der Waals surface area contributed by atoms with Gasteiger partial charge in [-0.2, -0.15) is 5.10 Å². The fourth-order valence-corrected chi connectivity index (χ4v) is 0.684. The molecule has 0 radical (unpaired) electrons. The van der Waals surface area contributed by atoms with Gasteiger partial charge in [-0.1, -0.05) is 0 Å². The van der Waals surface area contributed by atoms with Crippen molar-refractivity contribution in [3.05, 3.63) is 24.3 Å². The molecule has 0 aliphatic rings. The average Bonchev–Trinajstić information content (AvgIpc) is 2.19. The third-order valence-electron chi connectivity index (χ3n) is 1.35. The average molecular weight is 209 g/mol. The van der Waals surface area contributed by atoms with Crippen LogP contribution in [0.25, 0.3) is 0 Å². The summed E-state index contributed by atoms with van der Waals surface area (Å²) >= 11 is 4.96. The molecule has 0 atom stereocenters. The Morgan fingerprint density at radius 1 is 1.57 bits per heavy atom. The highest BCUT2D eigenvalue weighted by atomic mass is 32.1. The van der Waals surface area contributed by atoms with Crippen molar-refractivity contribution in [3.8, 4) is 0 Å². The van der Waals surface area contributed by atoms with Crippen molar-refractivity contribution in [2.24, 2.45) is 5.10 Å². The third kappa shape index (κ3) is 3.44. The minimum absolute atomic E-state index is 0.546. The Kier molecular flexibility index (Phi) is 3.93. The number of hydrazone groups is 1. The van der Waals surface area contributed by atoms with Gasteiger partial charge in [0.2, 0.25) is 0 Å². The molecular weight excluding hydrogens is 198 g/mol. The summed E-state index contributed by atoms with van der Waals surface area (Å²) in [5.74, 6) is 0. The lowest BCUT2D eigenvalue weighted by Crippen LogP contribution is -2.30. The van der Waals surface area contributed by atoms with E-state index in [1.54, 1.807) is 29.7 Å². The molecule has 1 aromatic heterocycles. The van der Waals surface area contributed by atoms with Crippen LogP contribution in [0.4, 0.5) is 0 Å². The van der Waals surface area contributed by atoms with Gasteiger partial charge in [-0.3, -0.25) is 15.4 Å². The first-order chi connectivity index (χ1) is 6.70. The number of nitrogens with zero attached hydrogens (tertiary/aromatic N) is 4. The van der Waals surface area contributed by atoms with E-state index in [1.807, 2.05) is 14.1 Å². The summed E-state index contributed by atoms with van der Waals surface area (Å²) in [6.45, 7) is 0. The van der Waals surface area contributed by atoms with Crippen molar-refractivity contribution in [1.29, 1.82) is 0 Å². The lowest BCUT2D eigenvalue weighted by Gasteiger charge is -2.11. The predicted molar refractivity (Wildman–Crippen MR) is 59.0 cm³/mol. The van der Waals surface area contributed by atoms with Crippen LogP contribution in [-0.2, 0) is 0 Å². The molecule has 0 unspecified atom stereocenters. The smallest absolute Gasteiger partial charge is 0.189 e. The zero-order valence-corrected chi connectivity index (χ0v) is 8.82. The second-order valence-electron chi connectivity index (χ2n) is 2.70. The monoisotopic (exact) mass is 209 g/mol. The van der Waals surface area contributed by atoms with E-state index in [-0.39, 0.29) is 0 Å². The Balaban J connectivity index is 2.46. The lowest BCUT2D eigenvalue weighted by molar-refractivity contribution is 0.606. The fraction of sp³-hybridized carbons (Fsp3) is 0.250. The van der Waals surface area contributed by atoms with Gasteiger partial charge in [-0.15, -0.1) is 0 Å². The van der Waals surface area contributed by atoms with Gasteiger partial charge >= 0.3 is 0 Å². The maximum Gasteiger partial charge on any atom is 0.189 e. The van der Waals surface area contributed by atoms with Gasteiger partial charge in [0.05, 0.1) is 12.4 Å². The van der Waals surface area contributed by atoms with Crippen LogP contribution >= 0.6 is 12.2 Å². The van der Waals surface area contributed by atoms with Crippen LogP contribution in [0, 0.1) is 0 Å². The molecule has 0 saturated carbocycles. The van der Waals surface area contributed by atoms with Crippen LogP contribution in [0.15, 0.2) is 23.7 Å². The maximum absolute atomic E-state index is 4.96. The van der Waals surface area contributed by atoms with Crippen LogP contribution < -0.4 is 5.43 Å². The Morgan fingerprint density at radius 2 is 2.36 bits per heavy atom. The molecule has 5 nitrogen and oxygen atoms in total. The summed E-state index contributed by atoms with van der Waals surface area (Å²) in [5, 5.41) is 4.45. The molecule has 0 aliphatic carbocycles. The molecule has 6 heteroatoms. The van der Waals surface area contributed by atoms with Gasteiger partial charge in [-0.25, -0.2) is 0 Å². The van der Waals surface area contributed by atoms with E-state index in [1.165, 1.54) is 0 Å². The molecule has 1 aromatic rings. The number of aromatic nitrogens is 2. The van der Waals surface area contributed by atoms with E-state index in [4.69, 9.17) is 12.2 Å². The molecule has 0 saturated heterocycles. The number of thiocarbonyl (C=S) groups is 1. The van der Waals surface area contributed by atoms with Crippen molar-refractivity contribution in [2.75, 3.05) is 14.1 Å². The van der Waals surface area contributed by atoms with Gasteiger partial charge in [0.15, 0.2) is 5.11 Å². The molecule has 1 heterocycles. The summed E-state index contributed by atoms with van der Waals surface area (Å²) < 4.78 is 0. The molecule has 0 aliphatic heterocycles. The highest BCUT2D eigenvalue weighted by molar-refractivity contribution is 7.80. The predicted octanol–water partition coefficient (Wildman–Crippen LogP) is 0.247. The second-order valence-corrected chi connectivity index (χ2v) is 3.09. The van der Waals surface area contributed by atoms with Crippen LogP contribution in [-0.4, -0.2) is 40.3 Å². The van der Waals surface area contributed by atoms with E-state index < -0.39 is 0 Å². The zero-order valence-electron chi connectivity index (χ0n) is 8.01. The summed E-state index contributed by atoms with van der Waals surface area (Å²) in [5.41, 5.74) is 3.37. The molecular formula is C8H11N5S. The fourth-order valence-electron chi connectivity index (χ4n) is 0.631. The van der Waals surface area contributed by atoms with E-state index in [9.17, 15) is 0 Å². The van der Waals surface area contributed by atoms with E-state index >= 15 is 0 Å². The topological polar surface area (TPSA) is 53.4 Å². The first-order valence-electron chi connectivity index (χ1n) is 3.96. The van der Waals surface area contributed by atoms with Crippen molar-refractivity contribution >= 4 is 23.5 Å². The number of hydrogen-bond donors (Lipinski definition) is 1. The van der Waals surface area contributed by atoms with Crippen LogP contribution in [0.2, 0.25) is 0 Å². The molecule has 0 bridgehead atoms. The van der Waals surface area contributed by atoms with Crippen molar-refractivity contribution in [1.82, 2.24) is 20.3 Å². The van der Waals surface area contributed by atoms with Crippen LogP contribution in [0.1, 0.15) is 5.69 Å². The molecule has 1 N–H and O–H groups in total. The summed E-state index contributed by atoms with van der Waals surface area (Å²) in [4.78, 5) is 9.66. The van der Waals surface area contributed by atoms with Crippen LogP contribution in [0.5, 0.6) is 0 Å². The van der Waals surface area contributed by atoms with Crippen molar-refractivity contribution < 1.29 is 0 Å². The largest absolute Gasteiger partial charge is 0.354 e. The molecule has 74 valence electrons. The molecule has 14 heavy (non-hydrogen) atoms. The van der Waals surface area contributed by atoms with Gasteiger partial charge in [0.25, 0.3) is 0 Å². The number of nitrogens with one attached hydrogen (secondary N) is 1. The number of hydrogen-bond acceptors (Lipinski definition) is 4. The Bertz CT molecular complexity index is 322. The van der Waals surface area contributed by atoms with Crippen molar-refractivity contribution in [3.63, 3.8) is 0 Å². The van der Waals surface area contributed by atoms with E-state index in [2.05, 4.69) is 20.5 Å². The lowest BCUT2D eigenvalue weighted by atomic mass is 10.5. The van der Waals surface area contributed by atoms with Gasteiger partial charge in [-0.05, 0) is 12.2 Å². The molecule has 0 fully saturated rings. The summed E-state index contributed by atoms with van der Waals surface area (Å²) in [6, 6.07) is 0. The second kappa shape index (κ2) is 5.23. The van der Waals surface area contributed by atoms with E-state index in [0.29, 0.717) is 10.8 Å². The summed E-state index contributed by atoms with van der Waals surface area (Å²) in [6.07, 6.45) is 6.38. The molecule has 1 rings (SSSR count). The van der Waals surface area contributed by atoms with Crippen molar-refractivity contribution in [2.45, 2.75) is 0 Å². The SMILES string of the molecule is CN(C)C(=S)NN=Cc1cnccn1. The first-order valence-corrected chi connectivity index (χ1v) is 4.37. The Hall–Kier alpha value is -1.56. The first kappa shape index (κ1) is 10.5. The normalized spacial score (nSPS) is 10.1. The standard InChI is InChI=1S/C8H11N5S/c1-13(2)8(14)12-11-6-7-5-9-3-4-10-7/h3-6H,1-2H3,(H,12,14). The van der Waals surface area contributed by atoms with Gasteiger partial charge in [0, 0.05) is 26.5 Å². The minimum atomic E-state index is 0.546. The number of rotatable bonds is 2.